The van der Waals surface area contributed by atoms with Crippen LogP contribution < -0.4 is 5.84 Å². The van der Waals surface area contributed by atoms with Crippen LogP contribution in [0.1, 0.15) is 34.1 Å². The van der Waals surface area contributed by atoms with Gasteiger partial charge in [-0.05, 0) is 27.2 Å². The summed E-state index contributed by atoms with van der Waals surface area (Å²) in [5, 5.41) is 1.64. The topological polar surface area (TPSA) is 27.0 Å². The molecule has 0 aromatic rings. The molecule has 0 aliphatic rings. The van der Waals surface area contributed by atoms with Crippen LogP contribution in [0.5, 0.6) is 0 Å². The van der Waals surface area contributed by atoms with E-state index in [1.165, 1.54) is 0 Å². The minimum Gasteiger partial charge on any atom is -0.224 e. The average molecular weight is 129 g/mol. The normalized spacial score (nSPS) is 15.0. The highest BCUT2D eigenvalue weighted by atomic mass is 15.4. The number of nitrogens with one attached hydrogen (secondary N) is 1. The van der Waals surface area contributed by atoms with E-state index in [1.807, 2.05) is 13.8 Å². The van der Waals surface area contributed by atoms with E-state index in [2.05, 4.69) is 13.8 Å². The fourth-order valence-corrected chi connectivity index (χ4v) is 0.706. The van der Waals surface area contributed by atoms with Gasteiger partial charge in [-0.2, -0.15) is 5.84 Å². The van der Waals surface area contributed by atoms with Gasteiger partial charge in [0.05, 0.1) is 0 Å². The van der Waals surface area contributed by atoms with E-state index in [1.54, 1.807) is 5.01 Å². The predicted molar refractivity (Wildman–Crippen MR) is 39.8 cm³/mol. The highest BCUT2D eigenvalue weighted by Gasteiger charge is 2.10. The van der Waals surface area contributed by atoms with E-state index in [4.69, 9.17) is 5.84 Å². The molecule has 0 aromatic carbocycles. The van der Waals surface area contributed by atoms with Crippen molar-refractivity contribution in [2.45, 2.75) is 46.2 Å². The molecule has 0 saturated heterocycles. The Labute approximate surface area is 58.0 Å². The molecule has 0 aromatic heterocycles. The molecule has 2 nitrogen and oxygen atoms in total. The van der Waals surface area contributed by atoms with Crippen molar-refractivity contribution in [3.63, 3.8) is 0 Å². The van der Waals surface area contributed by atoms with Crippen LogP contribution in [0.25, 0.3) is 0 Å². The summed E-state index contributed by atoms with van der Waals surface area (Å²) >= 11 is 0. The Balaban J connectivity index is 3.58. The molecule has 0 fully saturated rings. The highest BCUT2D eigenvalue weighted by Crippen LogP contribution is 2.02. The Morgan fingerprint density at radius 3 is 1.89 bits per heavy atom. The van der Waals surface area contributed by atoms with Gasteiger partial charge in [0.1, 0.15) is 0 Å². The SMILES string of the molecule is CCC(C)N([NH])C(C)C. The second kappa shape index (κ2) is 3.85. The van der Waals surface area contributed by atoms with Crippen molar-refractivity contribution in [3.8, 4) is 0 Å². The smallest absolute Gasteiger partial charge is 0.0229 e. The van der Waals surface area contributed by atoms with Crippen LogP contribution in [0.2, 0.25) is 0 Å². The second-order valence-corrected chi connectivity index (χ2v) is 2.76. The summed E-state index contributed by atoms with van der Waals surface area (Å²) in [7, 11) is 0. The molecule has 9 heavy (non-hydrogen) atoms. The molecular formula is C7H17N2. The van der Waals surface area contributed by atoms with Gasteiger partial charge in [-0.3, -0.25) is 0 Å². The lowest BCUT2D eigenvalue weighted by Gasteiger charge is -2.25. The van der Waals surface area contributed by atoms with E-state index in [0.29, 0.717) is 12.1 Å². The van der Waals surface area contributed by atoms with Crippen LogP contribution in [-0.2, 0) is 0 Å². The lowest BCUT2D eigenvalue weighted by Crippen LogP contribution is -2.36. The van der Waals surface area contributed by atoms with Crippen molar-refractivity contribution in [2.75, 3.05) is 0 Å². The van der Waals surface area contributed by atoms with Crippen molar-refractivity contribution in [1.29, 1.82) is 0 Å². The molecule has 0 saturated carbocycles. The second-order valence-electron chi connectivity index (χ2n) is 2.76. The summed E-state index contributed by atoms with van der Waals surface area (Å²) < 4.78 is 0. The van der Waals surface area contributed by atoms with Crippen LogP contribution in [0, 0.1) is 0 Å². The van der Waals surface area contributed by atoms with Gasteiger partial charge < -0.3 is 0 Å². The molecule has 0 aliphatic carbocycles. The molecule has 1 N–H and O–H groups in total. The summed E-state index contributed by atoms with van der Waals surface area (Å²) in [6, 6.07) is 0.741. The largest absolute Gasteiger partial charge is 0.224 e. The molecule has 0 amide bonds. The quantitative estimate of drug-likeness (QED) is 0.533. The Kier molecular flexibility index (Phi) is 3.82. The minimum atomic E-state index is 0.347. The molecule has 2 heteroatoms. The first-order chi connectivity index (χ1) is 4.09. The van der Waals surface area contributed by atoms with Gasteiger partial charge >= 0.3 is 0 Å². The Morgan fingerprint density at radius 1 is 1.33 bits per heavy atom. The van der Waals surface area contributed by atoms with Crippen molar-refractivity contribution in [3.05, 3.63) is 0 Å². The molecule has 1 atom stereocenters. The summed E-state index contributed by atoms with van der Waals surface area (Å²) in [6.07, 6.45) is 1.06. The van der Waals surface area contributed by atoms with Crippen LogP contribution in [0.3, 0.4) is 0 Å². The zero-order valence-corrected chi connectivity index (χ0v) is 6.81. The lowest BCUT2D eigenvalue weighted by atomic mass is 10.2. The van der Waals surface area contributed by atoms with Crippen LogP contribution in [-0.4, -0.2) is 17.1 Å². The van der Waals surface area contributed by atoms with E-state index < -0.39 is 0 Å². The fourth-order valence-electron chi connectivity index (χ4n) is 0.706. The molecular weight excluding hydrogens is 112 g/mol. The first kappa shape index (κ1) is 8.92. The number of nitrogens with zero attached hydrogens (tertiary/aromatic N) is 1. The fraction of sp³-hybridized carbons (Fsp3) is 1.00. The van der Waals surface area contributed by atoms with Gasteiger partial charge in [-0.15, -0.1) is 0 Å². The van der Waals surface area contributed by atoms with E-state index in [0.717, 1.165) is 6.42 Å². The van der Waals surface area contributed by atoms with Gasteiger partial charge in [-0.1, -0.05) is 6.92 Å². The molecule has 0 aliphatic heterocycles. The lowest BCUT2D eigenvalue weighted by molar-refractivity contribution is 0.150. The van der Waals surface area contributed by atoms with Crippen molar-refractivity contribution >= 4 is 0 Å². The summed E-state index contributed by atoms with van der Waals surface area (Å²) in [5.41, 5.74) is 0. The van der Waals surface area contributed by atoms with Crippen LogP contribution in [0.15, 0.2) is 0 Å². The van der Waals surface area contributed by atoms with Gasteiger partial charge in [0.15, 0.2) is 0 Å². The molecule has 0 heterocycles. The monoisotopic (exact) mass is 129 g/mol. The average Bonchev–Trinajstić information content (AvgIpc) is 1.84. The van der Waals surface area contributed by atoms with Gasteiger partial charge in [0.25, 0.3) is 0 Å². The maximum atomic E-state index is 7.47. The van der Waals surface area contributed by atoms with Crippen LogP contribution in [0.4, 0.5) is 0 Å². The minimum absolute atomic E-state index is 0.347. The predicted octanol–water partition coefficient (Wildman–Crippen LogP) is 1.69. The maximum Gasteiger partial charge on any atom is 0.0229 e. The Morgan fingerprint density at radius 2 is 1.78 bits per heavy atom. The zero-order valence-electron chi connectivity index (χ0n) is 6.81. The highest BCUT2D eigenvalue weighted by molar-refractivity contribution is 4.61. The molecule has 55 valence electrons. The molecule has 0 rings (SSSR count). The standard InChI is InChI=1S/C7H17N2/c1-5-7(4)9(8)6(2)3/h6-8H,5H2,1-4H3. The maximum absolute atomic E-state index is 7.47. The number of hydrogen-bond acceptors (Lipinski definition) is 1. The first-order valence-electron chi connectivity index (χ1n) is 3.59. The summed E-state index contributed by atoms with van der Waals surface area (Å²) in [4.78, 5) is 0. The third-order valence-electron chi connectivity index (χ3n) is 1.62. The third kappa shape index (κ3) is 2.82. The number of hydrogen-bond donors (Lipinski definition) is 0. The van der Waals surface area contributed by atoms with Gasteiger partial charge in [0.2, 0.25) is 0 Å². The van der Waals surface area contributed by atoms with E-state index in [9.17, 15) is 0 Å². The molecule has 0 bridgehead atoms. The number of rotatable bonds is 3. The van der Waals surface area contributed by atoms with Gasteiger partial charge in [0, 0.05) is 12.1 Å². The van der Waals surface area contributed by atoms with E-state index in [-0.39, 0.29) is 0 Å². The van der Waals surface area contributed by atoms with Crippen LogP contribution >= 0.6 is 0 Å². The Bertz CT molecular complexity index is 71.3. The van der Waals surface area contributed by atoms with Crippen molar-refractivity contribution < 1.29 is 0 Å². The van der Waals surface area contributed by atoms with Crippen molar-refractivity contribution in [2.24, 2.45) is 0 Å². The third-order valence-corrected chi connectivity index (χ3v) is 1.62. The van der Waals surface area contributed by atoms with Gasteiger partial charge in [-0.25, -0.2) is 5.01 Å². The molecule has 1 unspecified atom stereocenters. The van der Waals surface area contributed by atoms with Crippen molar-refractivity contribution in [1.82, 2.24) is 10.9 Å². The molecule has 0 spiro atoms. The molecule has 1 radical (unpaired) electrons. The van der Waals surface area contributed by atoms with E-state index >= 15 is 0 Å². The Hall–Kier alpha value is -0.0800. The summed E-state index contributed by atoms with van der Waals surface area (Å²) in [6.45, 7) is 8.26. The summed E-state index contributed by atoms with van der Waals surface area (Å²) in [5.74, 6) is 7.47. The zero-order chi connectivity index (χ0) is 7.44. The first-order valence-corrected chi connectivity index (χ1v) is 3.59.